The Kier molecular flexibility index (Phi) is 4.80. The van der Waals surface area contributed by atoms with Crippen LogP contribution in [0.2, 0.25) is 0 Å². The molecule has 0 bridgehead atoms. The van der Waals surface area contributed by atoms with Gasteiger partial charge in [0.05, 0.1) is 7.11 Å². The van der Waals surface area contributed by atoms with Crippen molar-refractivity contribution >= 4 is 0 Å². The number of hydrogen-bond donors (Lipinski definition) is 1. The fraction of sp³-hybridized carbons (Fsp3) is 0.333. The molecule has 0 radical (unpaired) electrons. The average molecular weight is 269 g/mol. The summed E-state index contributed by atoms with van der Waals surface area (Å²) in [7, 11) is 1.72. The van der Waals surface area contributed by atoms with Crippen molar-refractivity contribution in [1.82, 2.24) is 0 Å². The van der Waals surface area contributed by atoms with E-state index in [4.69, 9.17) is 10.5 Å². The van der Waals surface area contributed by atoms with Crippen LogP contribution in [-0.4, -0.2) is 13.7 Å². The van der Waals surface area contributed by atoms with Gasteiger partial charge in [-0.05, 0) is 44.0 Å². The smallest absolute Gasteiger partial charge is 0.122 e. The van der Waals surface area contributed by atoms with E-state index in [0.29, 0.717) is 6.54 Å². The van der Waals surface area contributed by atoms with Crippen molar-refractivity contribution in [3.8, 4) is 5.75 Å². The monoisotopic (exact) mass is 269 g/mol. The van der Waals surface area contributed by atoms with E-state index in [0.717, 1.165) is 12.2 Å². The summed E-state index contributed by atoms with van der Waals surface area (Å²) in [5.41, 5.74) is 11.0. The zero-order chi connectivity index (χ0) is 14.5. The minimum atomic E-state index is 0.285. The predicted octanol–water partition coefficient (Wildman–Crippen LogP) is 3.60. The number of methoxy groups -OCH3 is 1. The van der Waals surface area contributed by atoms with Crippen molar-refractivity contribution in [3.63, 3.8) is 0 Å². The van der Waals surface area contributed by atoms with Gasteiger partial charge >= 0.3 is 0 Å². The molecule has 2 nitrogen and oxygen atoms in total. The SMILES string of the molecule is COc1ccc(C)cc1C(CN)Cc1ccc(C)cc1. The highest BCUT2D eigenvalue weighted by Gasteiger charge is 2.15. The maximum absolute atomic E-state index is 6.00. The lowest BCUT2D eigenvalue weighted by atomic mass is 9.90. The van der Waals surface area contributed by atoms with E-state index < -0.39 is 0 Å². The third-order valence-corrected chi connectivity index (χ3v) is 3.71. The molecule has 0 aliphatic carbocycles. The Morgan fingerprint density at radius 2 is 1.65 bits per heavy atom. The highest BCUT2D eigenvalue weighted by molar-refractivity contribution is 5.40. The summed E-state index contributed by atoms with van der Waals surface area (Å²) in [4.78, 5) is 0. The number of benzene rings is 2. The predicted molar refractivity (Wildman–Crippen MR) is 84.4 cm³/mol. The average Bonchev–Trinajstić information content (AvgIpc) is 2.46. The molecule has 0 aliphatic heterocycles. The van der Waals surface area contributed by atoms with E-state index >= 15 is 0 Å². The van der Waals surface area contributed by atoms with E-state index in [1.54, 1.807) is 7.11 Å². The Morgan fingerprint density at radius 3 is 2.25 bits per heavy atom. The van der Waals surface area contributed by atoms with Crippen LogP contribution in [0.25, 0.3) is 0 Å². The van der Waals surface area contributed by atoms with Crippen molar-refractivity contribution in [3.05, 3.63) is 64.7 Å². The number of hydrogen-bond acceptors (Lipinski definition) is 2. The Labute approximate surface area is 121 Å². The topological polar surface area (TPSA) is 35.2 Å². The van der Waals surface area contributed by atoms with Crippen LogP contribution in [0.5, 0.6) is 5.75 Å². The highest BCUT2D eigenvalue weighted by atomic mass is 16.5. The van der Waals surface area contributed by atoms with Crippen molar-refractivity contribution in [2.75, 3.05) is 13.7 Å². The van der Waals surface area contributed by atoms with Crippen LogP contribution in [0.1, 0.15) is 28.2 Å². The zero-order valence-electron chi connectivity index (χ0n) is 12.5. The molecule has 2 N–H and O–H groups in total. The van der Waals surface area contributed by atoms with Crippen molar-refractivity contribution in [2.45, 2.75) is 26.2 Å². The van der Waals surface area contributed by atoms with Gasteiger partial charge in [0, 0.05) is 5.92 Å². The summed E-state index contributed by atoms with van der Waals surface area (Å²) in [6.07, 6.45) is 0.941. The summed E-state index contributed by atoms with van der Waals surface area (Å²) < 4.78 is 5.48. The first-order valence-corrected chi connectivity index (χ1v) is 7.04. The van der Waals surface area contributed by atoms with Crippen LogP contribution in [0.4, 0.5) is 0 Å². The van der Waals surface area contributed by atoms with Gasteiger partial charge in [0.15, 0.2) is 0 Å². The second-order valence-electron chi connectivity index (χ2n) is 5.37. The normalized spacial score (nSPS) is 12.2. The minimum Gasteiger partial charge on any atom is -0.496 e. The lowest BCUT2D eigenvalue weighted by Gasteiger charge is -2.19. The molecule has 2 heteroatoms. The van der Waals surface area contributed by atoms with E-state index in [2.05, 4.69) is 50.2 Å². The van der Waals surface area contributed by atoms with Crippen LogP contribution < -0.4 is 10.5 Å². The summed E-state index contributed by atoms with van der Waals surface area (Å²) in [5.74, 6) is 1.21. The molecular formula is C18H23NO. The van der Waals surface area contributed by atoms with Crippen molar-refractivity contribution < 1.29 is 4.74 Å². The molecule has 0 amide bonds. The van der Waals surface area contributed by atoms with Gasteiger partial charge in [-0.3, -0.25) is 0 Å². The molecule has 1 unspecified atom stereocenters. The molecule has 0 saturated carbocycles. The maximum Gasteiger partial charge on any atom is 0.122 e. The van der Waals surface area contributed by atoms with Crippen LogP contribution in [-0.2, 0) is 6.42 Å². The van der Waals surface area contributed by atoms with E-state index in [9.17, 15) is 0 Å². The van der Waals surface area contributed by atoms with Gasteiger partial charge in [0.25, 0.3) is 0 Å². The Hall–Kier alpha value is -1.80. The van der Waals surface area contributed by atoms with Gasteiger partial charge in [0.2, 0.25) is 0 Å². The molecule has 0 spiro atoms. The van der Waals surface area contributed by atoms with E-state index in [-0.39, 0.29) is 5.92 Å². The first-order chi connectivity index (χ1) is 9.63. The summed E-state index contributed by atoms with van der Waals surface area (Å²) >= 11 is 0. The number of ether oxygens (including phenoxy) is 1. The fourth-order valence-corrected chi connectivity index (χ4v) is 2.50. The molecule has 0 saturated heterocycles. The highest BCUT2D eigenvalue weighted by Crippen LogP contribution is 2.29. The first-order valence-electron chi connectivity index (χ1n) is 7.04. The molecule has 0 aliphatic rings. The molecule has 2 aromatic carbocycles. The van der Waals surface area contributed by atoms with E-state index in [1.807, 2.05) is 6.07 Å². The number of rotatable bonds is 5. The third-order valence-electron chi connectivity index (χ3n) is 3.71. The lowest BCUT2D eigenvalue weighted by molar-refractivity contribution is 0.405. The fourth-order valence-electron chi connectivity index (χ4n) is 2.50. The molecule has 20 heavy (non-hydrogen) atoms. The van der Waals surface area contributed by atoms with Crippen molar-refractivity contribution in [1.29, 1.82) is 0 Å². The van der Waals surface area contributed by atoms with Crippen LogP contribution >= 0.6 is 0 Å². The molecular weight excluding hydrogens is 246 g/mol. The Bertz CT molecular complexity index is 560. The molecule has 0 aromatic heterocycles. The quantitative estimate of drug-likeness (QED) is 0.900. The second-order valence-corrected chi connectivity index (χ2v) is 5.37. The first kappa shape index (κ1) is 14.6. The van der Waals surface area contributed by atoms with Gasteiger partial charge in [0.1, 0.15) is 5.75 Å². The van der Waals surface area contributed by atoms with Crippen LogP contribution in [0, 0.1) is 13.8 Å². The van der Waals surface area contributed by atoms with Gasteiger partial charge in [-0.1, -0.05) is 47.5 Å². The van der Waals surface area contributed by atoms with E-state index in [1.165, 1.54) is 22.3 Å². The van der Waals surface area contributed by atoms with Gasteiger partial charge in [-0.2, -0.15) is 0 Å². The van der Waals surface area contributed by atoms with Gasteiger partial charge < -0.3 is 10.5 Å². The number of aryl methyl sites for hydroxylation is 2. The molecule has 1 atom stereocenters. The lowest BCUT2D eigenvalue weighted by Crippen LogP contribution is -2.16. The summed E-state index contributed by atoms with van der Waals surface area (Å²) in [6, 6.07) is 14.9. The molecule has 106 valence electrons. The molecule has 0 heterocycles. The summed E-state index contributed by atoms with van der Waals surface area (Å²) in [6.45, 7) is 4.82. The van der Waals surface area contributed by atoms with Crippen LogP contribution in [0.15, 0.2) is 42.5 Å². The third kappa shape index (κ3) is 3.40. The largest absolute Gasteiger partial charge is 0.496 e. The Morgan fingerprint density at radius 1 is 1.00 bits per heavy atom. The minimum absolute atomic E-state index is 0.285. The molecule has 0 fully saturated rings. The van der Waals surface area contributed by atoms with Crippen molar-refractivity contribution in [2.24, 2.45) is 5.73 Å². The van der Waals surface area contributed by atoms with Gasteiger partial charge in [-0.15, -0.1) is 0 Å². The maximum atomic E-state index is 6.00. The Balaban J connectivity index is 2.28. The molecule has 2 rings (SSSR count). The number of nitrogens with two attached hydrogens (primary N) is 1. The standard InChI is InChI=1S/C18H23NO/c1-13-4-7-15(8-5-13)11-16(12-19)17-10-14(2)6-9-18(17)20-3/h4-10,16H,11-12,19H2,1-3H3. The summed E-state index contributed by atoms with van der Waals surface area (Å²) in [5, 5.41) is 0. The molecule has 2 aromatic rings. The van der Waals surface area contributed by atoms with Crippen LogP contribution in [0.3, 0.4) is 0 Å². The van der Waals surface area contributed by atoms with Gasteiger partial charge in [-0.25, -0.2) is 0 Å². The second kappa shape index (κ2) is 6.58. The zero-order valence-corrected chi connectivity index (χ0v) is 12.5.